The van der Waals surface area contributed by atoms with Crippen LogP contribution in [0.15, 0.2) is 29.4 Å². The molecule has 0 saturated carbocycles. The van der Waals surface area contributed by atoms with Crippen molar-refractivity contribution in [2.45, 2.75) is 43.6 Å². The Morgan fingerprint density at radius 3 is 2.61 bits per heavy atom. The molecule has 0 radical (unpaired) electrons. The van der Waals surface area contributed by atoms with Gasteiger partial charge in [-0.25, -0.2) is 4.98 Å². The third-order valence-electron chi connectivity index (χ3n) is 4.17. The average molecular weight is 330 g/mol. The van der Waals surface area contributed by atoms with Crippen molar-refractivity contribution in [3.8, 4) is 6.07 Å². The van der Waals surface area contributed by atoms with Gasteiger partial charge in [-0.2, -0.15) is 5.26 Å². The van der Waals surface area contributed by atoms with Gasteiger partial charge in [0.25, 0.3) is 0 Å². The van der Waals surface area contributed by atoms with Crippen molar-refractivity contribution >= 4 is 28.7 Å². The van der Waals surface area contributed by atoms with Crippen LogP contribution in [0.25, 0.3) is 11.0 Å². The van der Waals surface area contributed by atoms with Gasteiger partial charge in [0.15, 0.2) is 5.16 Å². The first-order chi connectivity index (χ1) is 10.8. The van der Waals surface area contributed by atoms with Crippen LogP contribution in [0, 0.1) is 17.2 Å². The van der Waals surface area contributed by atoms with Gasteiger partial charge >= 0.3 is 0 Å². The summed E-state index contributed by atoms with van der Waals surface area (Å²) in [4.78, 5) is 17.0. The van der Waals surface area contributed by atoms with Gasteiger partial charge in [0.1, 0.15) is 5.54 Å². The van der Waals surface area contributed by atoms with Crippen molar-refractivity contribution in [3.63, 3.8) is 0 Å². The molecular weight excluding hydrogens is 308 g/mol. The molecule has 5 nitrogen and oxygen atoms in total. The van der Waals surface area contributed by atoms with Gasteiger partial charge in [-0.15, -0.1) is 0 Å². The van der Waals surface area contributed by atoms with Gasteiger partial charge < -0.3 is 9.88 Å². The Labute approximate surface area is 141 Å². The number of aromatic nitrogens is 2. The number of benzene rings is 1. The minimum Gasteiger partial charge on any atom is -0.337 e. The van der Waals surface area contributed by atoms with E-state index in [9.17, 15) is 10.1 Å². The minimum atomic E-state index is -0.863. The molecule has 1 aromatic heterocycles. The highest BCUT2D eigenvalue weighted by Gasteiger charge is 2.32. The zero-order valence-electron chi connectivity index (χ0n) is 14.1. The van der Waals surface area contributed by atoms with Gasteiger partial charge in [0.2, 0.25) is 5.91 Å². The Bertz CT molecular complexity index is 762. The Balaban J connectivity index is 2.14. The number of hydrogen-bond acceptors (Lipinski definition) is 4. The molecule has 1 amide bonds. The highest BCUT2D eigenvalue weighted by atomic mass is 32.2. The predicted molar refractivity (Wildman–Crippen MR) is 93.0 cm³/mol. The summed E-state index contributed by atoms with van der Waals surface area (Å²) < 4.78 is 1.98. The van der Waals surface area contributed by atoms with Crippen LogP contribution in [0.1, 0.15) is 27.7 Å². The topological polar surface area (TPSA) is 70.7 Å². The normalized spacial score (nSPS) is 15.2. The van der Waals surface area contributed by atoms with E-state index in [-0.39, 0.29) is 17.1 Å². The molecule has 2 unspecified atom stereocenters. The quantitative estimate of drug-likeness (QED) is 0.855. The van der Waals surface area contributed by atoms with Crippen molar-refractivity contribution in [1.29, 1.82) is 5.26 Å². The summed E-state index contributed by atoms with van der Waals surface area (Å²) in [5.74, 6) is -0.121. The van der Waals surface area contributed by atoms with E-state index in [0.717, 1.165) is 16.2 Å². The molecule has 23 heavy (non-hydrogen) atoms. The number of carbonyl (C=O) groups excluding carboxylic acids is 1. The lowest BCUT2D eigenvalue weighted by Crippen LogP contribution is -2.51. The number of imidazole rings is 1. The lowest BCUT2D eigenvalue weighted by Gasteiger charge is -2.28. The first-order valence-corrected chi connectivity index (χ1v) is 8.48. The van der Waals surface area contributed by atoms with E-state index >= 15 is 0 Å². The Morgan fingerprint density at radius 2 is 2.04 bits per heavy atom. The molecule has 2 rings (SSSR count). The van der Waals surface area contributed by atoms with Crippen LogP contribution in [0.5, 0.6) is 0 Å². The molecule has 0 bridgehead atoms. The molecule has 0 saturated heterocycles. The summed E-state index contributed by atoms with van der Waals surface area (Å²) in [5.41, 5.74) is 1.08. The van der Waals surface area contributed by atoms with E-state index in [1.807, 2.05) is 56.7 Å². The maximum absolute atomic E-state index is 12.4. The molecule has 2 atom stereocenters. The molecule has 0 aliphatic rings. The van der Waals surface area contributed by atoms with E-state index < -0.39 is 5.54 Å². The highest BCUT2D eigenvalue weighted by molar-refractivity contribution is 8.00. The largest absolute Gasteiger partial charge is 0.337 e. The number of amides is 1. The van der Waals surface area contributed by atoms with Crippen molar-refractivity contribution < 1.29 is 4.79 Å². The van der Waals surface area contributed by atoms with E-state index in [1.54, 1.807) is 6.92 Å². The molecular formula is C17H22N4OS. The molecule has 0 aliphatic carbocycles. The zero-order valence-corrected chi connectivity index (χ0v) is 14.9. The van der Waals surface area contributed by atoms with E-state index in [1.165, 1.54) is 11.8 Å². The molecule has 0 spiro atoms. The number of nitriles is 1. The Kier molecular flexibility index (Phi) is 5.00. The molecule has 2 aromatic rings. The van der Waals surface area contributed by atoms with E-state index in [0.29, 0.717) is 0 Å². The summed E-state index contributed by atoms with van der Waals surface area (Å²) >= 11 is 1.40. The molecule has 0 aliphatic heterocycles. The predicted octanol–water partition coefficient (Wildman–Crippen LogP) is 3.11. The van der Waals surface area contributed by atoms with Crippen LogP contribution in [0.3, 0.4) is 0 Å². The Morgan fingerprint density at radius 1 is 1.39 bits per heavy atom. The van der Waals surface area contributed by atoms with Crippen molar-refractivity contribution in [2.75, 3.05) is 0 Å². The van der Waals surface area contributed by atoms with E-state index in [4.69, 9.17) is 0 Å². The number of carbonyl (C=O) groups is 1. The lowest BCUT2D eigenvalue weighted by molar-refractivity contribution is -0.121. The third-order valence-corrected chi connectivity index (χ3v) is 5.31. The number of para-hydroxylation sites is 2. The van der Waals surface area contributed by atoms with Crippen LogP contribution in [-0.2, 0) is 11.8 Å². The SMILES string of the molecule is CC(Sc1nc2ccccc2n1C)C(=O)NC(C)(C#N)C(C)C. The summed E-state index contributed by atoms with van der Waals surface area (Å²) in [7, 11) is 1.94. The van der Waals surface area contributed by atoms with Gasteiger partial charge in [0, 0.05) is 7.05 Å². The van der Waals surface area contributed by atoms with Crippen molar-refractivity contribution in [2.24, 2.45) is 13.0 Å². The van der Waals surface area contributed by atoms with Crippen LogP contribution >= 0.6 is 11.8 Å². The first-order valence-electron chi connectivity index (χ1n) is 7.60. The molecule has 1 N–H and O–H groups in total. The molecule has 1 heterocycles. The maximum Gasteiger partial charge on any atom is 0.234 e. The standard InChI is InChI=1S/C17H22N4OS/c1-11(2)17(4,10-18)20-15(22)12(3)23-16-19-13-8-6-7-9-14(13)21(16)5/h6-9,11-12H,1-5H3,(H,20,22). The zero-order chi connectivity index (χ0) is 17.2. The summed E-state index contributed by atoms with van der Waals surface area (Å²) in [6.45, 7) is 7.43. The highest BCUT2D eigenvalue weighted by Crippen LogP contribution is 2.27. The average Bonchev–Trinajstić information content (AvgIpc) is 2.83. The fourth-order valence-electron chi connectivity index (χ4n) is 2.10. The number of aryl methyl sites for hydroxylation is 1. The second-order valence-electron chi connectivity index (χ2n) is 6.16. The number of nitrogens with zero attached hydrogens (tertiary/aromatic N) is 3. The van der Waals surface area contributed by atoms with Crippen LogP contribution in [0.4, 0.5) is 0 Å². The Hall–Kier alpha value is -2.00. The number of thioether (sulfide) groups is 1. The van der Waals surface area contributed by atoms with Crippen LogP contribution in [0.2, 0.25) is 0 Å². The minimum absolute atomic E-state index is 0.0319. The number of hydrogen-bond donors (Lipinski definition) is 1. The van der Waals surface area contributed by atoms with Crippen molar-refractivity contribution in [1.82, 2.24) is 14.9 Å². The second-order valence-corrected chi connectivity index (χ2v) is 7.47. The number of nitrogens with one attached hydrogen (secondary N) is 1. The van der Waals surface area contributed by atoms with Crippen LogP contribution in [-0.4, -0.2) is 26.2 Å². The molecule has 122 valence electrons. The van der Waals surface area contributed by atoms with Gasteiger partial charge in [-0.3, -0.25) is 4.79 Å². The number of rotatable bonds is 5. The van der Waals surface area contributed by atoms with Gasteiger partial charge in [-0.1, -0.05) is 37.7 Å². The third kappa shape index (κ3) is 3.50. The summed E-state index contributed by atoms with van der Waals surface area (Å²) in [6.07, 6.45) is 0. The molecule has 1 aromatic carbocycles. The fourth-order valence-corrected chi connectivity index (χ4v) is 2.99. The lowest BCUT2D eigenvalue weighted by atomic mass is 9.90. The monoisotopic (exact) mass is 330 g/mol. The van der Waals surface area contributed by atoms with Crippen molar-refractivity contribution in [3.05, 3.63) is 24.3 Å². The van der Waals surface area contributed by atoms with Gasteiger partial charge in [0.05, 0.1) is 22.4 Å². The first kappa shape index (κ1) is 17.4. The van der Waals surface area contributed by atoms with E-state index in [2.05, 4.69) is 16.4 Å². The smallest absolute Gasteiger partial charge is 0.234 e. The van der Waals surface area contributed by atoms with Gasteiger partial charge in [-0.05, 0) is 31.9 Å². The maximum atomic E-state index is 12.4. The summed E-state index contributed by atoms with van der Waals surface area (Å²) in [5, 5.41) is 12.6. The molecule has 6 heteroatoms. The van der Waals surface area contributed by atoms with Crippen LogP contribution < -0.4 is 5.32 Å². The second kappa shape index (κ2) is 6.63. The summed E-state index contributed by atoms with van der Waals surface area (Å²) in [6, 6.07) is 10.1. The fraction of sp³-hybridized carbons (Fsp3) is 0.471. The molecule has 0 fully saturated rings. The number of fused-ring (bicyclic) bond motifs is 1.